The Morgan fingerprint density at radius 2 is 1.73 bits per heavy atom. The summed E-state index contributed by atoms with van der Waals surface area (Å²) in [6, 6.07) is 0. The first-order valence-electron chi connectivity index (χ1n) is 11.6. The molecule has 0 aromatic rings. The standard InChI is InChI=1S/C25H36O5/c1-14(29-15(2)26)20-8-9-21-19-7-6-17-12-18(30-16(3)27)10-11-24(17,4)23(19)22(28)13-25(20,21)5/h17-19,21,23H,6-13H2,1-5H3/b20-14+/t17-,18?,19?,21?,23?,24?,25?/m0/s1. The van der Waals surface area contributed by atoms with Crippen molar-refractivity contribution in [1.82, 2.24) is 0 Å². The Kier molecular flexibility index (Phi) is 5.39. The van der Waals surface area contributed by atoms with Gasteiger partial charge in [-0.25, -0.2) is 0 Å². The van der Waals surface area contributed by atoms with E-state index < -0.39 is 0 Å². The third kappa shape index (κ3) is 3.33. The van der Waals surface area contributed by atoms with E-state index >= 15 is 0 Å². The number of carbonyl (C=O) groups is 3. The summed E-state index contributed by atoms with van der Waals surface area (Å²) < 4.78 is 11.0. The molecule has 0 aromatic heterocycles. The molecule has 0 aliphatic heterocycles. The molecule has 30 heavy (non-hydrogen) atoms. The second-order valence-electron chi connectivity index (χ2n) is 10.8. The second kappa shape index (κ2) is 7.49. The van der Waals surface area contributed by atoms with E-state index in [-0.39, 0.29) is 34.8 Å². The number of rotatable bonds is 2. The predicted molar refractivity (Wildman–Crippen MR) is 112 cm³/mol. The lowest BCUT2D eigenvalue weighted by molar-refractivity contribution is -0.166. The number of carbonyl (C=O) groups excluding carboxylic acids is 3. The Bertz CT molecular complexity index is 797. The Morgan fingerprint density at radius 3 is 2.40 bits per heavy atom. The smallest absolute Gasteiger partial charge is 0.307 e. The average molecular weight is 417 g/mol. The van der Waals surface area contributed by atoms with Gasteiger partial charge in [-0.2, -0.15) is 0 Å². The topological polar surface area (TPSA) is 69.7 Å². The van der Waals surface area contributed by atoms with Crippen LogP contribution in [0.25, 0.3) is 0 Å². The van der Waals surface area contributed by atoms with Crippen LogP contribution in [0.3, 0.4) is 0 Å². The first-order valence-corrected chi connectivity index (χ1v) is 11.6. The van der Waals surface area contributed by atoms with Crippen LogP contribution in [-0.2, 0) is 23.9 Å². The van der Waals surface area contributed by atoms with Crippen molar-refractivity contribution >= 4 is 17.7 Å². The van der Waals surface area contributed by atoms with Gasteiger partial charge in [-0.1, -0.05) is 13.8 Å². The van der Waals surface area contributed by atoms with Crippen molar-refractivity contribution in [2.45, 2.75) is 92.1 Å². The maximum absolute atomic E-state index is 13.7. The van der Waals surface area contributed by atoms with Gasteiger partial charge in [0.15, 0.2) is 0 Å². The fraction of sp³-hybridized carbons (Fsp3) is 0.800. The summed E-state index contributed by atoms with van der Waals surface area (Å²) in [7, 11) is 0. The van der Waals surface area contributed by atoms with E-state index in [1.165, 1.54) is 19.4 Å². The van der Waals surface area contributed by atoms with Crippen LogP contribution >= 0.6 is 0 Å². The van der Waals surface area contributed by atoms with Crippen LogP contribution in [0.4, 0.5) is 0 Å². The summed E-state index contributed by atoms with van der Waals surface area (Å²) in [5.74, 6) is 2.06. The molecule has 0 spiro atoms. The van der Waals surface area contributed by atoms with E-state index in [0.717, 1.165) is 44.9 Å². The number of hydrogen-bond donors (Lipinski definition) is 0. The quantitative estimate of drug-likeness (QED) is 0.469. The summed E-state index contributed by atoms with van der Waals surface area (Å²) in [6.45, 7) is 9.37. The lowest BCUT2D eigenvalue weighted by Crippen LogP contribution is -2.57. The Morgan fingerprint density at radius 1 is 1.00 bits per heavy atom. The zero-order valence-electron chi connectivity index (χ0n) is 19.1. The Balaban J connectivity index is 1.60. The second-order valence-corrected chi connectivity index (χ2v) is 10.8. The van der Waals surface area contributed by atoms with Gasteiger partial charge in [-0.15, -0.1) is 0 Å². The molecule has 5 heteroatoms. The normalized spacial score (nSPS) is 44.4. The first-order chi connectivity index (χ1) is 14.1. The molecule has 4 fully saturated rings. The highest BCUT2D eigenvalue weighted by atomic mass is 16.5. The monoisotopic (exact) mass is 416 g/mol. The van der Waals surface area contributed by atoms with Crippen molar-refractivity contribution < 1.29 is 23.9 Å². The number of fused-ring (bicyclic) bond motifs is 5. The van der Waals surface area contributed by atoms with Crippen molar-refractivity contribution in [3.05, 3.63) is 11.3 Å². The fourth-order valence-electron chi connectivity index (χ4n) is 8.05. The lowest BCUT2D eigenvalue weighted by Gasteiger charge is -2.59. The molecule has 0 aromatic carbocycles. The third-order valence-electron chi connectivity index (χ3n) is 9.14. The van der Waals surface area contributed by atoms with Gasteiger partial charge in [0.05, 0.1) is 0 Å². The minimum Gasteiger partial charge on any atom is -0.463 e. The van der Waals surface area contributed by atoms with Crippen molar-refractivity contribution in [3.8, 4) is 0 Å². The SMILES string of the molecule is CC(=O)O/C(C)=C1\CCC2C3CC[C@H]4CC(OC(C)=O)CCC4(C)C3C(=O)CC12C. The first kappa shape index (κ1) is 21.6. The van der Waals surface area contributed by atoms with Gasteiger partial charge in [0.25, 0.3) is 0 Å². The van der Waals surface area contributed by atoms with Crippen LogP contribution in [0, 0.1) is 34.5 Å². The molecule has 0 radical (unpaired) electrons. The molecule has 7 atom stereocenters. The van der Waals surface area contributed by atoms with E-state index in [1.807, 2.05) is 6.92 Å². The van der Waals surface area contributed by atoms with Crippen molar-refractivity contribution in [2.24, 2.45) is 34.5 Å². The van der Waals surface area contributed by atoms with Gasteiger partial charge in [0.1, 0.15) is 17.6 Å². The number of Topliss-reactive ketones (excluding diaryl/α,β-unsaturated/α-hetero) is 1. The van der Waals surface area contributed by atoms with Crippen LogP contribution in [0.15, 0.2) is 11.3 Å². The molecular formula is C25H36O5. The third-order valence-corrected chi connectivity index (χ3v) is 9.14. The van der Waals surface area contributed by atoms with Crippen LogP contribution < -0.4 is 0 Å². The van der Waals surface area contributed by atoms with E-state index in [0.29, 0.717) is 35.7 Å². The molecule has 4 rings (SSSR count). The predicted octanol–water partition coefficient (Wildman–Crippen LogP) is 4.98. The molecule has 166 valence electrons. The zero-order chi connectivity index (χ0) is 21.8. The molecule has 6 unspecified atom stereocenters. The summed E-state index contributed by atoms with van der Waals surface area (Å²) in [5, 5.41) is 0. The fourth-order valence-corrected chi connectivity index (χ4v) is 8.05. The van der Waals surface area contributed by atoms with Crippen molar-refractivity contribution in [2.75, 3.05) is 0 Å². The van der Waals surface area contributed by atoms with Gasteiger partial charge in [-0.3, -0.25) is 14.4 Å². The summed E-state index contributed by atoms with van der Waals surface area (Å²) >= 11 is 0. The molecule has 0 heterocycles. The van der Waals surface area contributed by atoms with Crippen LogP contribution in [0.5, 0.6) is 0 Å². The zero-order valence-corrected chi connectivity index (χ0v) is 19.1. The Labute approximate surface area is 179 Å². The molecule has 4 aliphatic rings. The maximum Gasteiger partial charge on any atom is 0.307 e. The van der Waals surface area contributed by atoms with Gasteiger partial charge in [0.2, 0.25) is 0 Å². The lowest BCUT2D eigenvalue weighted by atomic mass is 9.44. The maximum atomic E-state index is 13.7. The van der Waals surface area contributed by atoms with E-state index in [4.69, 9.17) is 9.47 Å². The molecule has 0 N–H and O–H groups in total. The van der Waals surface area contributed by atoms with Crippen molar-refractivity contribution in [1.29, 1.82) is 0 Å². The number of ether oxygens (including phenoxy) is 2. The van der Waals surface area contributed by atoms with E-state index in [9.17, 15) is 14.4 Å². The minimum absolute atomic E-state index is 0.00785. The molecule has 0 saturated heterocycles. The summed E-state index contributed by atoms with van der Waals surface area (Å²) in [6.07, 6.45) is 7.46. The van der Waals surface area contributed by atoms with Gasteiger partial charge in [0, 0.05) is 31.6 Å². The minimum atomic E-state index is -0.287. The number of esters is 2. The molecule has 0 amide bonds. The van der Waals surface area contributed by atoms with Gasteiger partial charge < -0.3 is 9.47 Å². The highest BCUT2D eigenvalue weighted by Crippen LogP contribution is 2.66. The van der Waals surface area contributed by atoms with Gasteiger partial charge >= 0.3 is 11.9 Å². The van der Waals surface area contributed by atoms with E-state index in [1.54, 1.807) is 0 Å². The number of ketones is 1. The molecule has 0 bridgehead atoms. The van der Waals surface area contributed by atoms with Crippen LogP contribution in [0.1, 0.15) is 86.0 Å². The number of hydrogen-bond acceptors (Lipinski definition) is 5. The highest BCUT2D eigenvalue weighted by molar-refractivity contribution is 5.85. The molecule has 5 nitrogen and oxygen atoms in total. The molecule has 4 aliphatic carbocycles. The van der Waals surface area contributed by atoms with E-state index in [2.05, 4.69) is 13.8 Å². The summed E-state index contributed by atoms with van der Waals surface area (Å²) in [4.78, 5) is 36.6. The van der Waals surface area contributed by atoms with Crippen LogP contribution in [0.2, 0.25) is 0 Å². The molecule has 4 saturated carbocycles. The Hall–Kier alpha value is -1.65. The number of allylic oxidation sites excluding steroid dienone is 2. The summed E-state index contributed by atoms with van der Waals surface area (Å²) in [5.41, 5.74) is 1.01. The van der Waals surface area contributed by atoms with Gasteiger partial charge in [-0.05, 0) is 80.6 Å². The molecular weight excluding hydrogens is 380 g/mol. The highest BCUT2D eigenvalue weighted by Gasteiger charge is 2.62. The largest absolute Gasteiger partial charge is 0.463 e. The van der Waals surface area contributed by atoms with Crippen molar-refractivity contribution in [3.63, 3.8) is 0 Å². The average Bonchev–Trinajstić information content (AvgIpc) is 2.97. The van der Waals surface area contributed by atoms with Crippen LogP contribution in [-0.4, -0.2) is 23.8 Å².